The SMILES string of the molecule is CCCc1cc(N)c2oc(C)nc2c1. The van der Waals surface area contributed by atoms with Gasteiger partial charge in [-0.1, -0.05) is 13.3 Å². The van der Waals surface area contributed by atoms with Gasteiger partial charge in [-0.25, -0.2) is 4.98 Å². The molecule has 0 aliphatic carbocycles. The summed E-state index contributed by atoms with van der Waals surface area (Å²) in [4.78, 5) is 4.27. The van der Waals surface area contributed by atoms with Gasteiger partial charge in [0.2, 0.25) is 0 Å². The van der Waals surface area contributed by atoms with E-state index in [0.29, 0.717) is 17.2 Å². The Morgan fingerprint density at radius 1 is 1.43 bits per heavy atom. The Morgan fingerprint density at radius 3 is 2.93 bits per heavy atom. The Balaban J connectivity index is 2.59. The summed E-state index contributed by atoms with van der Waals surface area (Å²) in [5.74, 6) is 0.667. The Kier molecular flexibility index (Phi) is 2.15. The van der Waals surface area contributed by atoms with Gasteiger partial charge in [-0.2, -0.15) is 0 Å². The molecule has 0 saturated heterocycles. The summed E-state index contributed by atoms with van der Waals surface area (Å²) >= 11 is 0. The molecule has 0 aliphatic rings. The average Bonchev–Trinajstić information content (AvgIpc) is 2.47. The Hall–Kier alpha value is -1.51. The number of nitrogens with two attached hydrogens (primary N) is 1. The summed E-state index contributed by atoms with van der Waals surface area (Å²) in [7, 11) is 0. The molecule has 3 heteroatoms. The second-order valence-electron chi connectivity index (χ2n) is 3.52. The van der Waals surface area contributed by atoms with E-state index >= 15 is 0 Å². The first-order chi connectivity index (χ1) is 6.70. The van der Waals surface area contributed by atoms with Crippen LogP contribution in [0.25, 0.3) is 11.1 Å². The summed E-state index contributed by atoms with van der Waals surface area (Å²) in [6.45, 7) is 3.98. The number of hydrogen-bond donors (Lipinski definition) is 1. The van der Waals surface area contributed by atoms with Gasteiger partial charge in [0.15, 0.2) is 11.5 Å². The first-order valence-electron chi connectivity index (χ1n) is 4.86. The number of nitrogens with zero attached hydrogens (tertiary/aromatic N) is 1. The first-order valence-corrected chi connectivity index (χ1v) is 4.86. The molecule has 2 aromatic rings. The van der Waals surface area contributed by atoms with E-state index in [0.717, 1.165) is 18.4 Å². The fourth-order valence-electron chi connectivity index (χ4n) is 1.66. The van der Waals surface area contributed by atoms with Crippen molar-refractivity contribution in [2.75, 3.05) is 5.73 Å². The second-order valence-corrected chi connectivity index (χ2v) is 3.52. The monoisotopic (exact) mass is 190 g/mol. The molecule has 0 fully saturated rings. The molecule has 0 amide bonds. The number of oxazole rings is 1. The standard InChI is InChI=1S/C11H14N2O/c1-3-4-8-5-9(12)11-10(6-8)13-7(2)14-11/h5-6H,3-4,12H2,1-2H3. The second kappa shape index (κ2) is 3.33. The number of rotatable bonds is 2. The van der Waals surface area contributed by atoms with Gasteiger partial charge in [-0.3, -0.25) is 0 Å². The molecular formula is C11H14N2O. The molecular weight excluding hydrogens is 176 g/mol. The normalized spacial score (nSPS) is 11.0. The van der Waals surface area contributed by atoms with Crippen molar-refractivity contribution in [3.8, 4) is 0 Å². The lowest BCUT2D eigenvalue weighted by Gasteiger charge is -2.00. The van der Waals surface area contributed by atoms with Crippen LogP contribution in [-0.4, -0.2) is 4.98 Å². The van der Waals surface area contributed by atoms with E-state index in [2.05, 4.69) is 11.9 Å². The number of nitrogen functional groups attached to an aromatic ring is 1. The fourth-order valence-corrected chi connectivity index (χ4v) is 1.66. The van der Waals surface area contributed by atoms with Gasteiger partial charge in [-0.15, -0.1) is 0 Å². The van der Waals surface area contributed by atoms with Crippen molar-refractivity contribution in [3.05, 3.63) is 23.6 Å². The molecule has 0 radical (unpaired) electrons. The summed E-state index contributed by atoms with van der Waals surface area (Å²) < 4.78 is 5.40. The van der Waals surface area contributed by atoms with E-state index in [1.807, 2.05) is 19.1 Å². The Labute approximate surface area is 82.9 Å². The highest BCUT2D eigenvalue weighted by Gasteiger charge is 2.07. The van der Waals surface area contributed by atoms with Gasteiger partial charge in [-0.05, 0) is 24.1 Å². The molecule has 0 aliphatic heterocycles. The molecule has 3 nitrogen and oxygen atoms in total. The predicted molar refractivity (Wildman–Crippen MR) is 57.2 cm³/mol. The third-order valence-corrected chi connectivity index (χ3v) is 2.22. The highest BCUT2D eigenvalue weighted by atomic mass is 16.3. The van der Waals surface area contributed by atoms with Crippen molar-refractivity contribution < 1.29 is 4.42 Å². The molecule has 1 aromatic carbocycles. The molecule has 0 bridgehead atoms. The van der Waals surface area contributed by atoms with Gasteiger partial charge in [0.1, 0.15) is 5.52 Å². The van der Waals surface area contributed by atoms with Crippen molar-refractivity contribution in [2.24, 2.45) is 0 Å². The number of aromatic nitrogens is 1. The number of fused-ring (bicyclic) bond motifs is 1. The van der Waals surface area contributed by atoms with Gasteiger partial charge in [0, 0.05) is 6.92 Å². The minimum Gasteiger partial charge on any atom is -0.439 e. The van der Waals surface area contributed by atoms with Crippen LogP contribution in [-0.2, 0) is 6.42 Å². The topological polar surface area (TPSA) is 52.0 Å². The highest BCUT2D eigenvalue weighted by molar-refractivity contribution is 5.85. The van der Waals surface area contributed by atoms with Gasteiger partial charge < -0.3 is 10.2 Å². The van der Waals surface area contributed by atoms with Crippen LogP contribution in [0.4, 0.5) is 5.69 Å². The third kappa shape index (κ3) is 1.45. The van der Waals surface area contributed by atoms with Crippen LogP contribution in [0.1, 0.15) is 24.8 Å². The lowest BCUT2D eigenvalue weighted by molar-refractivity contribution is 0.562. The van der Waals surface area contributed by atoms with Crippen molar-refractivity contribution in [2.45, 2.75) is 26.7 Å². The highest BCUT2D eigenvalue weighted by Crippen LogP contribution is 2.24. The van der Waals surface area contributed by atoms with E-state index < -0.39 is 0 Å². The molecule has 2 rings (SSSR count). The summed E-state index contributed by atoms with van der Waals surface area (Å²) in [5.41, 5.74) is 9.36. The fraction of sp³-hybridized carbons (Fsp3) is 0.364. The van der Waals surface area contributed by atoms with Crippen LogP contribution in [0.15, 0.2) is 16.5 Å². The maximum atomic E-state index is 5.87. The van der Waals surface area contributed by atoms with Crippen LogP contribution in [0, 0.1) is 6.92 Å². The molecule has 74 valence electrons. The minimum absolute atomic E-state index is 0.667. The lowest BCUT2D eigenvalue weighted by Crippen LogP contribution is -1.90. The Morgan fingerprint density at radius 2 is 2.21 bits per heavy atom. The maximum absolute atomic E-state index is 5.87. The summed E-state index contributed by atoms with van der Waals surface area (Å²) in [6.07, 6.45) is 2.15. The zero-order chi connectivity index (χ0) is 10.1. The van der Waals surface area contributed by atoms with Crippen molar-refractivity contribution in [3.63, 3.8) is 0 Å². The van der Waals surface area contributed by atoms with E-state index in [1.165, 1.54) is 5.56 Å². The molecule has 0 atom stereocenters. The van der Waals surface area contributed by atoms with Crippen LogP contribution in [0.3, 0.4) is 0 Å². The van der Waals surface area contributed by atoms with Gasteiger partial charge in [0.05, 0.1) is 5.69 Å². The quantitative estimate of drug-likeness (QED) is 0.741. The van der Waals surface area contributed by atoms with Crippen LogP contribution < -0.4 is 5.73 Å². The predicted octanol–water partition coefficient (Wildman–Crippen LogP) is 2.67. The van der Waals surface area contributed by atoms with E-state index in [1.54, 1.807) is 0 Å². The first kappa shape index (κ1) is 9.06. The molecule has 0 spiro atoms. The van der Waals surface area contributed by atoms with Crippen molar-refractivity contribution >= 4 is 16.8 Å². The number of aryl methyl sites for hydroxylation is 2. The van der Waals surface area contributed by atoms with Gasteiger partial charge >= 0.3 is 0 Å². The molecule has 1 heterocycles. The maximum Gasteiger partial charge on any atom is 0.192 e. The summed E-state index contributed by atoms with van der Waals surface area (Å²) in [5, 5.41) is 0. The smallest absolute Gasteiger partial charge is 0.192 e. The Bertz CT molecular complexity index is 460. The average molecular weight is 190 g/mol. The minimum atomic E-state index is 0.667. The van der Waals surface area contributed by atoms with Crippen molar-refractivity contribution in [1.29, 1.82) is 0 Å². The van der Waals surface area contributed by atoms with Crippen molar-refractivity contribution in [1.82, 2.24) is 4.98 Å². The number of hydrogen-bond acceptors (Lipinski definition) is 3. The lowest BCUT2D eigenvalue weighted by atomic mass is 10.1. The number of benzene rings is 1. The van der Waals surface area contributed by atoms with Crippen LogP contribution >= 0.6 is 0 Å². The van der Waals surface area contributed by atoms with E-state index in [-0.39, 0.29) is 0 Å². The van der Waals surface area contributed by atoms with Crippen LogP contribution in [0.2, 0.25) is 0 Å². The zero-order valence-corrected chi connectivity index (χ0v) is 8.50. The molecule has 2 N–H and O–H groups in total. The number of anilines is 1. The van der Waals surface area contributed by atoms with Gasteiger partial charge in [0.25, 0.3) is 0 Å². The van der Waals surface area contributed by atoms with E-state index in [9.17, 15) is 0 Å². The van der Waals surface area contributed by atoms with E-state index in [4.69, 9.17) is 10.2 Å². The summed E-state index contributed by atoms with van der Waals surface area (Å²) in [6, 6.07) is 4.02. The molecule has 1 aromatic heterocycles. The van der Waals surface area contributed by atoms with Crippen LogP contribution in [0.5, 0.6) is 0 Å². The molecule has 0 saturated carbocycles. The molecule has 0 unspecified atom stereocenters. The largest absolute Gasteiger partial charge is 0.439 e. The molecule has 14 heavy (non-hydrogen) atoms. The third-order valence-electron chi connectivity index (χ3n) is 2.22. The zero-order valence-electron chi connectivity index (χ0n) is 8.50.